The Balaban J connectivity index is 1.45. The van der Waals surface area contributed by atoms with Crippen LogP contribution in [0.15, 0.2) is 108 Å². The van der Waals surface area contributed by atoms with Crippen molar-refractivity contribution in [2.75, 3.05) is 0 Å². The number of fused-ring (bicyclic) bond motifs is 6. The Kier molecular flexibility index (Phi) is 6.01. The van der Waals surface area contributed by atoms with Gasteiger partial charge in [-0.25, -0.2) is 0 Å². The summed E-state index contributed by atoms with van der Waals surface area (Å²) in [5.41, 5.74) is 15.4. The molecule has 4 unspecified atom stereocenters. The summed E-state index contributed by atoms with van der Waals surface area (Å²) in [7, 11) is 0. The standard InChI is InChI=1S/C36H32.Zr/c1-25-11-9-17-31-33(25)23-29(35(31)21-27-13-5-3-6-14-27)19-20-30-24-34-26(2)12-10-18-32(34)36(30)22-28-15-7-4-8-16-28;/h3-18,21-24,35-36H,19-20H2,1-2H3;. The molecule has 0 N–H and O–H groups in total. The molecule has 0 bridgehead atoms. The predicted octanol–water partition coefficient (Wildman–Crippen LogP) is 9.32. The van der Waals surface area contributed by atoms with E-state index in [0.717, 1.165) is 0 Å². The molecule has 0 spiro atoms. The van der Waals surface area contributed by atoms with Crippen LogP contribution >= 0.6 is 0 Å². The van der Waals surface area contributed by atoms with E-state index in [1.807, 2.05) is 0 Å². The minimum absolute atomic E-state index is 0.520. The van der Waals surface area contributed by atoms with E-state index in [9.17, 15) is 0 Å². The first-order valence-electron chi connectivity index (χ1n) is 13.6. The zero-order valence-corrected chi connectivity index (χ0v) is 24.1. The fraction of sp³-hybridized carbons (Fsp3) is 0.222. The molecule has 1 heterocycles. The van der Waals surface area contributed by atoms with Crippen molar-refractivity contribution in [3.8, 4) is 0 Å². The molecule has 0 radical (unpaired) electrons. The third kappa shape index (κ3) is 3.98. The van der Waals surface area contributed by atoms with Crippen LogP contribution in [0.2, 0.25) is 0 Å². The molecule has 1 aliphatic heterocycles. The van der Waals surface area contributed by atoms with Crippen LogP contribution in [0, 0.1) is 13.8 Å². The molecular formula is C36H32Zr. The Hall–Kier alpha value is -2.76. The summed E-state index contributed by atoms with van der Waals surface area (Å²) in [6.45, 7) is 4.58. The molecule has 1 fully saturated rings. The second kappa shape index (κ2) is 9.52. The molecule has 4 aromatic carbocycles. The first-order chi connectivity index (χ1) is 18.2. The second-order valence-electron chi connectivity index (χ2n) is 11.0. The third-order valence-electron chi connectivity index (χ3n) is 8.89. The van der Waals surface area contributed by atoms with Crippen LogP contribution in [-0.4, -0.2) is 0 Å². The van der Waals surface area contributed by atoms with Gasteiger partial charge in [-0.15, -0.1) is 0 Å². The zero-order valence-electron chi connectivity index (χ0n) is 21.6. The van der Waals surface area contributed by atoms with Crippen molar-refractivity contribution < 1.29 is 23.2 Å². The fourth-order valence-electron chi connectivity index (χ4n) is 7.11. The Labute approximate surface area is 232 Å². The molecule has 3 aliphatic rings. The number of rotatable bonds is 2. The van der Waals surface area contributed by atoms with Gasteiger partial charge in [0.2, 0.25) is 0 Å². The van der Waals surface area contributed by atoms with Gasteiger partial charge in [-0.05, 0) is 0 Å². The van der Waals surface area contributed by atoms with Crippen LogP contribution in [0.5, 0.6) is 0 Å². The molecule has 180 valence electrons. The molecule has 0 saturated carbocycles. The monoisotopic (exact) mass is 554 g/mol. The van der Waals surface area contributed by atoms with Gasteiger partial charge >= 0.3 is 234 Å². The average Bonchev–Trinajstić information content (AvgIpc) is 3.50. The molecule has 4 atom stereocenters. The van der Waals surface area contributed by atoms with Crippen LogP contribution in [-0.2, 0) is 23.2 Å². The molecule has 4 aromatic rings. The van der Waals surface area contributed by atoms with E-state index in [0.29, 0.717) is 19.1 Å². The number of aryl methyl sites for hydroxylation is 2. The normalized spacial score (nSPS) is 23.7. The van der Waals surface area contributed by atoms with E-state index in [2.05, 4.69) is 123 Å². The third-order valence-corrected chi connectivity index (χ3v) is 13.9. The van der Waals surface area contributed by atoms with E-state index in [1.54, 1.807) is 33.4 Å². The van der Waals surface area contributed by atoms with Gasteiger partial charge in [0.05, 0.1) is 0 Å². The van der Waals surface area contributed by atoms with E-state index < -0.39 is 23.2 Å². The van der Waals surface area contributed by atoms with Gasteiger partial charge in [0, 0.05) is 0 Å². The van der Waals surface area contributed by atoms with Crippen LogP contribution < -0.4 is 0 Å². The molecule has 7 rings (SSSR count). The van der Waals surface area contributed by atoms with Gasteiger partial charge in [-0.3, -0.25) is 0 Å². The summed E-state index contributed by atoms with van der Waals surface area (Å²) in [5, 5.41) is 0. The van der Waals surface area contributed by atoms with Crippen molar-refractivity contribution in [3.63, 3.8) is 0 Å². The number of hydrogen-bond donors (Lipinski definition) is 0. The van der Waals surface area contributed by atoms with Crippen LogP contribution in [0.3, 0.4) is 0 Å². The molecule has 0 amide bonds. The summed E-state index contributed by atoms with van der Waals surface area (Å²) >= 11 is -1.02. The quantitative estimate of drug-likeness (QED) is 0.231. The van der Waals surface area contributed by atoms with Crippen molar-refractivity contribution in [3.05, 3.63) is 153 Å². The van der Waals surface area contributed by atoms with E-state index in [1.165, 1.54) is 35.1 Å². The maximum atomic E-state index is 2.58. The predicted molar refractivity (Wildman–Crippen MR) is 151 cm³/mol. The summed E-state index contributed by atoms with van der Waals surface area (Å²) in [6, 6.07) is 37.1. The second-order valence-corrected chi connectivity index (χ2v) is 14.9. The number of benzene rings is 4. The Bertz CT molecular complexity index is 1410. The molecule has 2 aliphatic carbocycles. The van der Waals surface area contributed by atoms with Crippen molar-refractivity contribution in [2.45, 2.75) is 45.8 Å². The topological polar surface area (TPSA) is 0 Å². The molecule has 0 nitrogen and oxygen atoms in total. The first kappa shape index (κ1) is 23.4. The van der Waals surface area contributed by atoms with Crippen molar-refractivity contribution >= 4 is 12.2 Å². The first-order valence-corrected chi connectivity index (χ1v) is 16.5. The van der Waals surface area contributed by atoms with Gasteiger partial charge in [-0.1, -0.05) is 0 Å². The van der Waals surface area contributed by atoms with Gasteiger partial charge in [0.1, 0.15) is 0 Å². The molecule has 37 heavy (non-hydrogen) atoms. The van der Waals surface area contributed by atoms with Gasteiger partial charge in [-0.2, -0.15) is 0 Å². The van der Waals surface area contributed by atoms with Crippen molar-refractivity contribution in [2.24, 2.45) is 0 Å². The van der Waals surface area contributed by atoms with Gasteiger partial charge < -0.3 is 0 Å². The summed E-state index contributed by atoms with van der Waals surface area (Å²) in [5.74, 6) is 1.04. The fourth-order valence-corrected chi connectivity index (χ4v) is 12.8. The summed E-state index contributed by atoms with van der Waals surface area (Å²) in [6.07, 6.45) is 7.49. The molecule has 1 heteroatoms. The SMILES string of the molecule is Cc1cccc2c1C=C1CCC3=Cc4c(C)cccc4C3[CH](c3ccccc3)[Zr][CH](c3ccccc3)C12. The minimum atomic E-state index is -1.02. The Morgan fingerprint density at radius 1 is 0.514 bits per heavy atom. The maximum absolute atomic E-state index is 2.58. The number of allylic oxidation sites excluding steroid dienone is 2. The van der Waals surface area contributed by atoms with E-state index in [4.69, 9.17) is 0 Å². The number of hydrogen-bond acceptors (Lipinski definition) is 0. The van der Waals surface area contributed by atoms with Crippen molar-refractivity contribution in [1.29, 1.82) is 0 Å². The van der Waals surface area contributed by atoms with Crippen LogP contribution in [0.25, 0.3) is 12.2 Å². The van der Waals surface area contributed by atoms with Crippen LogP contribution in [0.4, 0.5) is 0 Å². The zero-order chi connectivity index (χ0) is 24.9. The Morgan fingerprint density at radius 2 is 0.946 bits per heavy atom. The summed E-state index contributed by atoms with van der Waals surface area (Å²) in [4.78, 5) is 0. The van der Waals surface area contributed by atoms with Crippen LogP contribution in [0.1, 0.15) is 76.4 Å². The molecule has 0 aromatic heterocycles. The summed E-state index contributed by atoms with van der Waals surface area (Å²) < 4.78 is 1.22. The molecular weight excluding hydrogens is 524 g/mol. The van der Waals surface area contributed by atoms with E-state index in [-0.39, 0.29) is 0 Å². The average molecular weight is 556 g/mol. The molecule has 1 saturated heterocycles. The van der Waals surface area contributed by atoms with Gasteiger partial charge in [0.15, 0.2) is 0 Å². The van der Waals surface area contributed by atoms with E-state index >= 15 is 0 Å². The van der Waals surface area contributed by atoms with Crippen molar-refractivity contribution in [1.82, 2.24) is 0 Å². The van der Waals surface area contributed by atoms with Gasteiger partial charge in [0.25, 0.3) is 0 Å². The Morgan fingerprint density at radius 3 is 1.38 bits per heavy atom.